The summed E-state index contributed by atoms with van der Waals surface area (Å²) in [6.45, 7) is 8.04. The first-order valence-corrected chi connectivity index (χ1v) is 10.1. The molecule has 4 rings (SSSR count). The maximum Gasteiger partial charge on any atom is 0.416 e. The SMILES string of the molecule is Cc1cc2c(cc1C)NC(c1cccc(C(F)(F)F)c1)C1C(=O)CC(C)(C)CC1=N2. The van der Waals surface area contributed by atoms with Crippen LogP contribution in [0.1, 0.15) is 55.0 Å². The summed E-state index contributed by atoms with van der Waals surface area (Å²) in [5.74, 6) is -0.573. The van der Waals surface area contributed by atoms with Gasteiger partial charge in [-0.25, -0.2) is 0 Å². The Morgan fingerprint density at radius 2 is 1.77 bits per heavy atom. The van der Waals surface area contributed by atoms with Crippen molar-refractivity contribution in [3.8, 4) is 0 Å². The zero-order valence-corrected chi connectivity index (χ0v) is 17.5. The molecule has 2 aromatic rings. The number of rotatable bonds is 1. The van der Waals surface area contributed by atoms with E-state index in [4.69, 9.17) is 4.99 Å². The second kappa shape index (κ2) is 6.96. The van der Waals surface area contributed by atoms with E-state index in [1.54, 1.807) is 6.07 Å². The van der Waals surface area contributed by atoms with E-state index in [0.29, 0.717) is 18.4 Å². The highest BCUT2D eigenvalue weighted by Crippen LogP contribution is 2.46. The van der Waals surface area contributed by atoms with Gasteiger partial charge >= 0.3 is 6.18 Å². The minimum absolute atomic E-state index is 0.0150. The molecule has 2 aromatic carbocycles. The Balaban J connectivity index is 1.89. The van der Waals surface area contributed by atoms with Crippen LogP contribution in [0.25, 0.3) is 0 Å². The van der Waals surface area contributed by atoms with Crippen LogP contribution in [0, 0.1) is 25.2 Å². The van der Waals surface area contributed by atoms with E-state index in [0.717, 1.165) is 40.3 Å². The van der Waals surface area contributed by atoms with Gasteiger partial charge in [-0.15, -0.1) is 0 Å². The van der Waals surface area contributed by atoms with Crippen molar-refractivity contribution < 1.29 is 18.0 Å². The molecule has 2 unspecified atom stereocenters. The van der Waals surface area contributed by atoms with E-state index in [2.05, 4.69) is 5.32 Å². The molecule has 1 saturated carbocycles. The number of fused-ring (bicyclic) bond motifs is 2. The normalized spacial score (nSPS) is 23.0. The number of hydrogen-bond donors (Lipinski definition) is 1. The molecule has 6 heteroatoms. The molecule has 0 bridgehead atoms. The summed E-state index contributed by atoms with van der Waals surface area (Å²) in [4.78, 5) is 18.1. The van der Waals surface area contributed by atoms with E-state index in [-0.39, 0.29) is 11.2 Å². The fourth-order valence-corrected chi connectivity index (χ4v) is 4.52. The third-order valence-electron chi connectivity index (χ3n) is 6.11. The molecule has 1 heterocycles. The molecule has 158 valence electrons. The number of Topliss-reactive ketones (excluding diaryl/α,β-unsaturated/α-hetero) is 1. The number of aryl methyl sites for hydroxylation is 2. The summed E-state index contributed by atoms with van der Waals surface area (Å²) < 4.78 is 40.1. The minimum Gasteiger partial charge on any atom is -0.375 e. The number of carbonyl (C=O) groups excluding carboxylic acids is 1. The number of aliphatic imine (C=N–C) groups is 1. The van der Waals surface area contributed by atoms with Crippen molar-refractivity contribution in [3.63, 3.8) is 0 Å². The molecule has 2 atom stereocenters. The van der Waals surface area contributed by atoms with E-state index in [9.17, 15) is 18.0 Å². The quantitative estimate of drug-likeness (QED) is 0.574. The first-order chi connectivity index (χ1) is 13.9. The zero-order chi connectivity index (χ0) is 21.8. The summed E-state index contributed by atoms with van der Waals surface area (Å²) in [5.41, 5.74) is 3.86. The predicted molar refractivity (Wildman–Crippen MR) is 112 cm³/mol. The Kier molecular flexibility index (Phi) is 4.79. The lowest BCUT2D eigenvalue weighted by Gasteiger charge is -2.37. The fourth-order valence-electron chi connectivity index (χ4n) is 4.52. The van der Waals surface area contributed by atoms with Crippen molar-refractivity contribution in [2.24, 2.45) is 16.3 Å². The molecule has 30 heavy (non-hydrogen) atoms. The zero-order valence-electron chi connectivity index (χ0n) is 17.5. The van der Waals surface area contributed by atoms with Crippen molar-refractivity contribution in [2.75, 3.05) is 5.32 Å². The summed E-state index contributed by atoms with van der Waals surface area (Å²) >= 11 is 0. The minimum atomic E-state index is -4.44. The highest BCUT2D eigenvalue weighted by atomic mass is 19.4. The van der Waals surface area contributed by atoms with Crippen LogP contribution in [0.2, 0.25) is 0 Å². The third kappa shape index (κ3) is 3.75. The van der Waals surface area contributed by atoms with Crippen molar-refractivity contribution >= 4 is 22.9 Å². The number of hydrogen-bond acceptors (Lipinski definition) is 3. The highest BCUT2D eigenvalue weighted by Gasteiger charge is 2.44. The highest BCUT2D eigenvalue weighted by molar-refractivity contribution is 6.10. The molecule has 0 amide bonds. The second-order valence-corrected chi connectivity index (χ2v) is 9.26. The van der Waals surface area contributed by atoms with E-state index in [1.165, 1.54) is 6.07 Å². The van der Waals surface area contributed by atoms with Crippen LogP contribution in [0.15, 0.2) is 41.4 Å². The maximum atomic E-state index is 13.4. The Morgan fingerprint density at radius 3 is 2.47 bits per heavy atom. The largest absolute Gasteiger partial charge is 0.416 e. The number of halogens is 3. The Bertz CT molecular complexity index is 1050. The summed E-state index contributed by atoms with van der Waals surface area (Å²) in [5, 5.41) is 3.38. The molecule has 0 spiro atoms. The van der Waals surface area contributed by atoms with Gasteiger partial charge in [0, 0.05) is 12.1 Å². The number of carbonyl (C=O) groups is 1. The monoisotopic (exact) mass is 414 g/mol. The molecule has 0 aromatic heterocycles. The first-order valence-electron chi connectivity index (χ1n) is 10.1. The molecule has 0 radical (unpaired) electrons. The van der Waals surface area contributed by atoms with Gasteiger partial charge in [0.1, 0.15) is 5.78 Å². The summed E-state index contributed by atoms with van der Waals surface area (Å²) in [6.07, 6.45) is -3.43. The van der Waals surface area contributed by atoms with Gasteiger partial charge in [0.15, 0.2) is 0 Å². The van der Waals surface area contributed by atoms with E-state index < -0.39 is 23.7 Å². The third-order valence-corrected chi connectivity index (χ3v) is 6.11. The second-order valence-electron chi connectivity index (χ2n) is 9.26. The van der Waals surface area contributed by atoms with Crippen molar-refractivity contribution in [1.82, 2.24) is 0 Å². The number of anilines is 1. The lowest BCUT2D eigenvalue weighted by molar-refractivity contribution is -0.137. The van der Waals surface area contributed by atoms with Crippen LogP contribution in [0.3, 0.4) is 0 Å². The van der Waals surface area contributed by atoms with Gasteiger partial charge < -0.3 is 5.32 Å². The molecule has 1 fully saturated rings. The van der Waals surface area contributed by atoms with Crippen LogP contribution in [-0.2, 0) is 11.0 Å². The fraction of sp³-hybridized carbons (Fsp3) is 0.417. The van der Waals surface area contributed by atoms with Gasteiger partial charge in [0.05, 0.1) is 28.9 Å². The number of alkyl halides is 3. The standard InChI is InChI=1S/C24H25F3N2O/c1-13-8-17-18(9-14(13)2)29-22(15-6-5-7-16(10-15)24(25,26)27)21-19(28-17)11-23(3,4)12-20(21)30/h5-10,21-22,29H,11-12H2,1-4H3. The average Bonchev–Trinajstić information content (AvgIpc) is 2.77. The van der Waals surface area contributed by atoms with Crippen molar-refractivity contribution in [2.45, 2.75) is 52.8 Å². The van der Waals surface area contributed by atoms with E-state index >= 15 is 0 Å². The Hall–Kier alpha value is -2.63. The van der Waals surface area contributed by atoms with Crippen molar-refractivity contribution in [1.29, 1.82) is 0 Å². The molecule has 1 N–H and O–H groups in total. The molecular weight excluding hydrogens is 389 g/mol. The van der Waals surface area contributed by atoms with Gasteiger partial charge in [-0.3, -0.25) is 9.79 Å². The van der Waals surface area contributed by atoms with Crippen LogP contribution < -0.4 is 5.32 Å². The van der Waals surface area contributed by atoms with Gasteiger partial charge in [-0.05, 0) is 66.6 Å². The molecule has 3 nitrogen and oxygen atoms in total. The topological polar surface area (TPSA) is 41.5 Å². The molecular formula is C24H25F3N2O. The van der Waals surface area contributed by atoms with Crippen molar-refractivity contribution in [3.05, 3.63) is 58.7 Å². The summed E-state index contributed by atoms with van der Waals surface area (Å²) in [7, 11) is 0. The van der Waals surface area contributed by atoms with Crippen LogP contribution in [-0.4, -0.2) is 11.5 Å². The predicted octanol–water partition coefficient (Wildman–Crippen LogP) is 6.57. The number of ketones is 1. The number of nitrogens with one attached hydrogen (secondary N) is 1. The number of nitrogens with zero attached hydrogens (tertiary/aromatic N) is 1. The maximum absolute atomic E-state index is 13.4. The lowest BCUT2D eigenvalue weighted by atomic mass is 9.68. The smallest absolute Gasteiger partial charge is 0.375 e. The molecule has 0 saturated heterocycles. The molecule has 2 aliphatic rings. The Labute approximate surface area is 174 Å². The van der Waals surface area contributed by atoms with Gasteiger partial charge in [0.25, 0.3) is 0 Å². The van der Waals surface area contributed by atoms with Gasteiger partial charge in [0.2, 0.25) is 0 Å². The molecule has 1 aliphatic heterocycles. The first kappa shape index (κ1) is 20.6. The Morgan fingerprint density at radius 1 is 1.07 bits per heavy atom. The van der Waals surface area contributed by atoms with Gasteiger partial charge in [-0.1, -0.05) is 26.0 Å². The van der Waals surface area contributed by atoms with Crippen LogP contribution in [0.5, 0.6) is 0 Å². The van der Waals surface area contributed by atoms with Gasteiger partial charge in [-0.2, -0.15) is 13.2 Å². The summed E-state index contributed by atoms with van der Waals surface area (Å²) in [6, 6.07) is 8.60. The average molecular weight is 414 g/mol. The van der Waals surface area contributed by atoms with Crippen LogP contribution >= 0.6 is 0 Å². The molecule has 1 aliphatic carbocycles. The van der Waals surface area contributed by atoms with Crippen LogP contribution in [0.4, 0.5) is 24.5 Å². The number of benzene rings is 2. The lowest BCUT2D eigenvalue weighted by Crippen LogP contribution is -2.42. The van der Waals surface area contributed by atoms with E-state index in [1.807, 2.05) is 39.8 Å².